The number of carbonyl (C=O) groups is 2. The number of imide groups is 1. The Hall–Kier alpha value is -2.04. The second-order valence-electron chi connectivity index (χ2n) is 4.53. The van der Waals surface area contributed by atoms with Crippen LogP contribution >= 0.6 is 0 Å². The maximum absolute atomic E-state index is 12.1. The first-order valence-electron chi connectivity index (χ1n) is 5.67. The van der Waals surface area contributed by atoms with Crippen molar-refractivity contribution >= 4 is 23.3 Å². The average Bonchev–Trinajstić information content (AvgIpc) is 3.09. The lowest BCUT2D eigenvalue weighted by atomic mass is 10.2. The third-order valence-electron chi connectivity index (χ3n) is 3.21. The van der Waals surface area contributed by atoms with E-state index in [1.807, 2.05) is 0 Å². The summed E-state index contributed by atoms with van der Waals surface area (Å²) in [5.41, 5.74) is 6.76. The zero-order chi connectivity index (χ0) is 12.0. The Labute approximate surface area is 98.6 Å². The van der Waals surface area contributed by atoms with Crippen molar-refractivity contribution < 1.29 is 9.59 Å². The molecule has 1 saturated carbocycles. The second kappa shape index (κ2) is 3.48. The highest BCUT2D eigenvalue weighted by Gasteiger charge is 2.46. The zero-order valence-electron chi connectivity index (χ0n) is 9.22. The molecule has 3 rings (SSSR count). The molecule has 1 heterocycles. The quantitative estimate of drug-likeness (QED) is 0.591. The number of hydrogen-bond acceptors (Lipinski definition) is 3. The van der Waals surface area contributed by atoms with Crippen LogP contribution in [0.25, 0.3) is 0 Å². The van der Waals surface area contributed by atoms with E-state index in [1.54, 1.807) is 24.3 Å². The molecule has 1 aromatic rings. The molecular formula is C12H13N3O2. The van der Waals surface area contributed by atoms with Crippen LogP contribution in [0.1, 0.15) is 12.8 Å². The average molecular weight is 231 g/mol. The second-order valence-corrected chi connectivity index (χ2v) is 4.53. The molecule has 1 aromatic carbocycles. The van der Waals surface area contributed by atoms with Gasteiger partial charge in [-0.05, 0) is 43.0 Å². The van der Waals surface area contributed by atoms with E-state index in [0.29, 0.717) is 17.3 Å². The number of nitrogens with two attached hydrogens (primary N) is 1. The van der Waals surface area contributed by atoms with Crippen LogP contribution in [-0.4, -0.2) is 18.0 Å². The fourth-order valence-corrected chi connectivity index (χ4v) is 2.12. The molecule has 5 nitrogen and oxygen atoms in total. The highest BCUT2D eigenvalue weighted by atomic mass is 16.2. The monoisotopic (exact) mass is 231 g/mol. The molecule has 17 heavy (non-hydrogen) atoms. The maximum atomic E-state index is 12.1. The van der Waals surface area contributed by atoms with Gasteiger partial charge >= 0.3 is 6.03 Å². The summed E-state index contributed by atoms with van der Waals surface area (Å²) in [7, 11) is 0. The fraction of sp³-hybridized carbons (Fsp3) is 0.333. The number of nitrogens with zero attached hydrogens (tertiary/aromatic N) is 1. The molecule has 1 aliphatic carbocycles. The highest BCUT2D eigenvalue weighted by Crippen LogP contribution is 2.36. The van der Waals surface area contributed by atoms with Crippen LogP contribution in [0.2, 0.25) is 0 Å². The molecule has 1 aliphatic heterocycles. The molecule has 88 valence electrons. The van der Waals surface area contributed by atoms with Crippen molar-refractivity contribution in [1.82, 2.24) is 5.32 Å². The molecule has 0 aromatic heterocycles. The van der Waals surface area contributed by atoms with Gasteiger partial charge in [-0.3, -0.25) is 4.79 Å². The van der Waals surface area contributed by atoms with Gasteiger partial charge in [-0.2, -0.15) is 0 Å². The normalized spacial score (nSPS) is 24.0. The zero-order valence-corrected chi connectivity index (χ0v) is 9.22. The number of anilines is 2. The van der Waals surface area contributed by atoms with Crippen LogP contribution in [0.3, 0.4) is 0 Å². The summed E-state index contributed by atoms with van der Waals surface area (Å²) in [4.78, 5) is 25.1. The van der Waals surface area contributed by atoms with Crippen molar-refractivity contribution in [2.75, 3.05) is 10.6 Å². The van der Waals surface area contributed by atoms with E-state index in [9.17, 15) is 9.59 Å². The molecule has 1 saturated heterocycles. The van der Waals surface area contributed by atoms with Crippen molar-refractivity contribution in [2.45, 2.75) is 18.9 Å². The Morgan fingerprint density at radius 1 is 1.18 bits per heavy atom. The Bertz CT molecular complexity index is 479. The smallest absolute Gasteiger partial charge is 0.329 e. The SMILES string of the molecule is Nc1ccc(N2C(=O)NC(C3CC3)C2=O)cc1. The standard InChI is InChI=1S/C12H13N3O2/c13-8-3-5-9(6-4-8)15-11(16)10(7-1-2-7)14-12(15)17/h3-7,10H,1-2,13H2,(H,14,17). The molecule has 3 N–H and O–H groups in total. The molecule has 0 radical (unpaired) electrons. The van der Waals surface area contributed by atoms with Gasteiger partial charge in [0.05, 0.1) is 5.69 Å². The topological polar surface area (TPSA) is 75.4 Å². The number of amides is 3. The Balaban J connectivity index is 1.89. The van der Waals surface area contributed by atoms with Crippen molar-refractivity contribution in [3.05, 3.63) is 24.3 Å². The van der Waals surface area contributed by atoms with Gasteiger partial charge in [0.25, 0.3) is 5.91 Å². The lowest BCUT2D eigenvalue weighted by molar-refractivity contribution is -0.118. The van der Waals surface area contributed by atoms with E-state index >= 15 is 0 Å². The van der Waals surface area contributed by atoms with E-state index in [-0.39, 0.29) is 18.0 Å². The number of hydrogen-bond donors (Lipinski definition) is 2. The van der Waals surface area contributed by atoms with Crippen molar-refractivity contribution in [3.63, 3.8) is 0 Å². The van der Waals surface area contributed by atoms with Crippen LogP contribution in [0, 0.1) is 5.92 Å². The van der Waals surface area contributed by atoms with Gasteiger partial charge in [-0.1, -0.05) is 0 Å². The van der Waals surface area contributed by atoms with E-state index < -0.39 is 0 Å². The number of nitrogens with one attached hydrogen (secondary N) is 1. The minimum absolute atomic E-state index is 0.151. The summed E-state index contributed by atoms with van der Waals surface area (Å²) in [5.74, 6) is 0.174. The van der Waals surface area contributed by atoms with Gasteiger partial charge in [0.15, 0.2) is 0 Å². The largest absolute Gasteiger partial charge is 0.399 e. The molecule has 5 heteroatoms. The fourth-order valence-electron chi connectivity index (χ4n) is 2.12. The first kappa shape index (κ1) is 10.1. The first-order chi connectivity index (χ1) is 8.16. The number of benzene rings is 1. The molecule has 0 bridgehead atoms. The number of carbonyl (C=O) groups excluding carboxylic acids is 2. The Morgan fingerprint density at radius 3 is 2.41 bits per heavy atom. The summed E-state index contributed by atoms with van der Waals surface area (Å²) >= 11 is 0. The molecule has 3 amide bonds. The molecule has 1 atom stereocenters. The van der Waals surface area contributed by atoms with Crippen LogP contribution in [-0.2, 0) is 4.79 Å². The molecular weight excluding hydrogens is 218 g/mol. The molecule has 2 fully saturated rings. The minimum atomic E-state index is -0.336. The summed E-state index contributed by atoms with van der Waals surface area (Å²) < 4.78 is 0. The minimum Gasteiger partial charge on any atom is -0.399 e. The Kier molecular flexibility index (Phi) is 2.07. The number of rotatable bonds is 2. The summed E-state index contributed by atoms with van der Waals surface area (Å²) in [6.45, 7) is 0. The molecule has 1 unspecified atom stereocenters. The predicted molar refractivity (Wildman–Crippen MR) is 63.4 cm³/mol. The predicted octanol–water partition coefficient (Wildman–Crippen LogP) is 1.10. The van der Waals surface area contributed by atoms with E-state index in [4.69, 9.17) is 5.73 Å². The van der Waals surface area contributed by atoms with Gasteiger partial charge < -0.3 is 11.1 Å². The summed E-state index contributed by atoms with van der Waals surface area (Å²) in [6.07, 6.45) is 2.04. The van der Waals surface area contributed by atoms with Crippen LogP contribution in [0.5, 0.6) is 0 Å². The molecule has 2 aliphatic rings. The third-order valence-corrected chi connectivity index (χ3v) is 3.21. The van der Waals surface area contributed by atoms with Crippen molar-refractivity contribution in [1.29, 1.82) is 0 Å². The highest BCUT2D eigenvalue weighted by molar-refractivity contribution is 6.21. The van der Waals surface area contributed by atoms with Gasteiger partial charge in [-0.15, -0.1) is 0 Å². The van der Waals surface area contributed by atoms with Crippen molar-refractivity contribution in [3.8, 4) is 0 Å². The number of urea groups is 1. The number of nitrogen functional groups attached to an aromatic ring is 1. The molecule has 0 spiro atoms. The van der Waals surface area contributed by atoms with Crippen LogP contribution < -0.4 is 16.0 Å². The van der Waals surface area contributed by atoms with E-state index in [0.717, 1.165) is 12.8 Å². The maximum Gasteiger partial charge on any atom is 0.329 e. The lowest BCUT2D eigenvalue weighted by Crippen LogP contribution is -2.32. The van der Waals surface area contributed by atoms with E-state index in [2.05, 4.69) is 5.32 Å². The van der Waals surface area contributed by atoms with Crippen LogP contribution in [0.4, 0.5) is 16.2 Å². The van der Waals surface area contributed by atoms with Gasteiger partial charge in [0.2, 0.25) is 0 Å². The van der Waals surface area contributed by atoms with Crippen LogP contribution in [0.15, 0.2) is 24.3 Å². The lowest BCUT2D eigenvalue weighted by Gasteiger charge is -2.12. The third kappa shape index (κ3) is 1.63. The van der Waals surface area contributed by atoms with Gasteiger partial charge in [0, 0.05) is 5.69 Å². The van der Waals surface area contributed by atoms with Gasteiger partial charge in [-0.25, -0.2) is 9.69 Å². The van der Waals surface area contributed by atoms with Crippen molar-refractivity contribution in [2.24, 2.45) is 5.92 Å². The summed E-state index contributed by atoms with van der Waals surface area (Å²) in [6, 6.07) is 6.06. The Morgan fingerprint density at radius 2 is 1.82 bits per heavy atom. The van der Waals surface area contributed by atoms with Gasteiger partial charge in [0.1, 0.15) is 6.04 Å². The summed E-state index contributed by atoms with van der Waals surface area (Å²) in [5, 5.41) is 2.73. The first-order valence-corrected chi connectivity index (χ1v) is 5.67. The van der Waals surface area contributed by atoms with E-state index in [1.165, 1.54) is 4.90 Å².